The third-order valence-corrected chi connectivity index (χ3v) is 5.59. The van der Waals surface area contributed by atoms with Crippen LogP contribution >= 0.6 is 0 Å². The van der Waals surface area contributed by atoms with Crippen molar-refractivity contribution in [1.82, 2.24) is 24.8 Å². The molecule has 1 unspecified atom stereocenters. The van der Waals surface area contributed by atoms with Crippen molar-refractivity contribution < 1.29 is 9.53 Å². The van der Waals surface area contributed by atoms with Gasteiger partial charge < -0.3 is 20.3 Å². The van der Waals surface area contributed by atoms with E-state index >= 15 is 0 Å². The zero-order chi connectivity index (χ0) is 20.9. The Balaban J connectivity index is 1.46. The van der Waals surface area contributed by atoms with Crippen LogP contribution < -0.4 is 10.6 Å². The van der Waals surface area contributed by atoms with Crippen LogP contribution in [0.5, 0.6) is 0 Å². The first-order valence-corrected chi connectivity index (χ1v) is 10.3. The van der Waals surface area contributed by atoms with Gasteiger partial charge in [-0.3, -0.25) is 4.79 Å². The molecule has 1 aliphatic rings. The zero-order valence-corrected chi connectivity index (χ0v) is 17.5. The van der Waals surface area contributed by atoms with Crippen LogP contribution in [0.15, 0.2) is 42.6 Å². The summed E-state index contributed by atoms with van der Waals surface area (Å²) in [4.78, 5) is 19.2. The number of fused-ring (bicyclic) bond motifs is 1. The fourth-order valence-corrected chi connectivity index (χ4v) is 3.79. The SMILES string of the molecule is COCCNc1ccc2ncc(-c3ccc(C(=O)NCC4CCCN4C)cc3)n2n1. The molecule has 0 saturated carbocycles. The Bertz CT molecular complexity index is 1000. The Morgan fingerprint density at radius 2 is 2.07 bits per heavy atom. The Kier molecular flexibility index (Phi) is 6.25. The highest BCUT2D eigenvalue weighted by Crippen LogP contribution is 2.21. The average molecular weight is 409 g/mol. The highest BCUT2D eigenvalue weighted by atomic mass is 16.5. The fourth-order valence-electron chi connectivity index (χ4n) is 3.79. The summed E-state index contributed by atoms with van der Waals surface area (Å²) >= 11 is 0. The molecule has 1 fully saturated rings. The average Bonchev–Trinajstić information content (AvgIpc) is 3.38. The molecule has 8 heteroatoms. The number of nitrogens with zero attached hydrogens (tertiary/aromatic N) is 4. The fraction of sp³-hybridized carbons (Fsp3) is 0.409. The van der Waals surface area contributed by atoms with Crippen molar-refractivity contribution in [2.24, 2.45) is 0 Å². The second kappa shape index (κ2) is 9.23. The van der Waals surface area contributed by atoms with Crippen molar-refractivity contribution in [3.05, 3.63) is 48.2 Å². The number of hydrogen-bond acceptors (Lipinski definition) is 6. The molecule has 0 spiro atoms. The number of carbonyl (C=O) groups is 1. The minimum absolute atomic E-state index is 0.0391. The van der Waals surface area contributed by atoms with E-state index in [9.17, 15) is 4.79 Å². The summed E-state index contributed by atoms with van der Waals surface area (Å²) in [5.41, 5.74) is 3.25. The van der Waals surface area contributed by atoms with Crippen molar-refractivity contribution in [2.75, 3.05) is 45.7 Å². The van der Waals surface area contributed by atoms with E-state index < -0.39 is 0 Å². The molecule has 2 aromatic heterocycles. The van der Waals surface area contributed by atoms with Crippen LogP contribution in [-0.2, 0) is 4.74 Å². The van der Waals surface area contributed by atoms with Gasteiger partial charge in [-0.25, -0.2) is 9.50 Å². The number of methoxy groups -OCH3 is 1. The summed E-state index contributed by atoms with van der Waals surface area (Å²) in [6.45, 7) is 3.08. The number of amides is 1. The highest BCUT2D eigenvalue weighted by molar-refractivity contribution is 5.94. The molecule has 1 atom stereocenters. The third-order valence-electron chi connectivity index (χ3n) is 5.59. The lowest BCUT2D eigenvalue weighted by Gasteiger charge is -2.19. The summed E-state index contributed by atoms with van der Waals surface area (Å²) in [5.74, 6) is 0.717. The highest BCUT2D eigenvalue weighted by Gasteiger charge is 2.21. The number of likely N-dealkylation sites (N-methyl/N-ethyl adjacent to an activating group) is 1. The Morgan fingerprint density at radius 3 is 2.80 bits per heavy atom. The van der Waals surface area contributed by atoms with Crippen LogP contribution in [0.4, 0.5) is 5.82 Å². The summed E-state index contributed by atoms with van der Waals surface area (Å²) in [5, 5.41) is 10.9. The van der Waals surface area contributed by atoms with Gasteiger partial charge in [0, 0.05) is 37.4 Å². The van der Waals surface area contributed by atoms with Crippen LogP contribution in [0.3, 0.4) is 0 Å². The molecule has 30 heavy (non-hydrogen) atoms. The minimum atomic E-state index is -0.0391. The molecule has 1 amide bonds. The zero-order valence-electron chi connectivity index (χ0n) is 17.5. The molecule has 0 radical (unpaired) electrons. The van der Waals surface area contributed by atoms with Gasteiger partial charge in [-0.2, -0.15) is 0 Å². The molecule has 0 bridgehead atoms. The second-order valence-corrected chi connectivity index (χ2v) is 7.62. The molecule has 3 heterocycles. The number of anilines is 1. The predicted molar refractivity (Wildman–Crippen MR) is 117 cm³/mol. The van der Waals surface area contributed by atoms with Gasteiger partial charge in [0.1, 0.15) is 5.82 Å². The molecular weight excluding hydrogens is 380 g/mol. The van der Waals surface area contributed by atoms with Gasteiger partial charge in [-0.05, 0) is 50.7 Å². The summed E-state index contributed by atoms with van der Waals surface area (Å²) < 4.78 is 6.87. The lowest BCUT2D eigenvalue weighted by Crippen LogP contribution is -2.38. The summed E-state index contributed by atoms with van der Waals surface area (Å²) in [7, 11) is 3.78. The number of hydrogen-bond donors (Lipinski definition) is 2. The third kappa shape index (κ3) is 4.44. The molecule has 1 saturated heterocycles. The van der Waals surface area contributed by atoms with Crippen LogP contribution in [0.25, 0.3) is 16.9 Å². The monoisotopic (exact) mass is 408 g/mol. The molecule has 1 aromatic carbocycles. The number of nitrogens with one attached hydrogen (secondary N) is 2. The topological polar surface area (TPSA) is 83.8 Å². The van der Waals surface area contributed by atoms with Crippen molar-refractivity contribution >= 4 is 17.4 Å². The van der Waals surface area contributed by atoms with Crippen LogP contribution in [0, 0.1) is 0 Å². The molecule has 2 N–H and O–H groups in total. The molecule has 4 rings (SSSR count). The molecule has 0 aliphatic carbocycles. The van der Waals surface area contributed by atoms with E-state index in [-0.39, 0.29) is 5.91 Å². The number of imidazole rings is 1. The van der Waals surface area contributed by atoms with E-state index in [1.807, 2.05) is 36.4 Å². The van der Waals surface area contributed by atoms with Gasteiger partial charge in [0.2, 0.25) is 0 Å². The summed E-state index contributed by atoms with van der Waals surface area (Å²) in [6.07, 6.45) is 4.13. The molecule has 8 nitrogen and oxygen atoms in total. The smallest absolute Gasteiger partial charge is 0.251 e. The maximum Gasteiger partial charge on any atom is 0.251 e. The first kappa shape index (κ1) is 20.3. The first-order valence-electron chi connectivity index (χ1n) is 10.3. The Labute approximate surface area is 176 Å². The summed E-state index contributed by atoms with van der Waals surface area (Å²) in [6, 6.07) is 11.8. The number of carbonyl (C=O) groups excluding carboxylic acids is 1. The molecular formula is C22H28N6O2. The van der Waals surface area contributed by atoms with E-state index in [0.29, 0.717) is 31.3 Å². The quantitative estimate of drug-likeness (QED) is 0.557. The largest absolute Gasteiger partial charge is 0.383 e. The van der Waals surface area contributed by atoms with Gasteiger partial charge in [-0.15, -0.1) is 5.10 Å². The van der Waals surface area contributed by atoms with Crippen LogP contribution in [-0.4, -0.2) is 71.8 Å². The number of benzene rings is 1. The van der Waals surface area contributed by atoms with E-state index in [4.69, 9.17) is 4.74 Å². The van der Waals surface area contributed by atoms with E-state index in [1.54, 1.807) is 17.8 Å². The van der Waals surface area contributed by atoms with Gasteiger partial charge >= 0.3 is 0 Å². The second-order valence-electron chi connectivity index (χ2n) is 7.62. The Hall–Kier alpha value is -2.97. The van der Waals surface area contributed by atoms with Crippen LogP contribution in [0.1, 0.15) is 23.2 Å². The molecule has 1 aliphatic heterocycles. The van der Waals surface area contributed by atoms with Crippen molar-refractivity contribution in [2.45, 2.75) is 18.9 Å². The maximum atomic E-state index is 12.5. The van der Waals surface area contributed by atoms with Crippen molar-refractivity contribution in [1.29, 1.82) is 0 Å². The predicted octanol–water partition coefficient (Wildman–Crippen LogP) is 2.28. The van der Waals surface area contributed by atoms with Gasteiger partial charge in [0.05, 0.1) is 18.5 Å². The van der Waals surface area contributed by atoms with Gasteiger partial charge in [0.15, 0.2) is 5.65 Å². The number of ether oxygens (including phenoxy) is 1. The lowest BCUT2D eigenvalue weighted by molar-refractivity contribution is 0.0943. The molecule has 158 valence electrons. The van der Waals surface area contributed by atoms with E-state index in [1.165, 1.54) is 6.42 Å². The van der Waals surface area contributed by atoms with Crippen LogP contribution in [0.2, 0.25) is 0 Å². The van der Waals surface area contributed by atoms with Gasteiger partial charge in [-0.1, -0.05) is 12.1 Å². The van der Waals surface area contributed by atoms with E-state index in [0.717, 1.165) is 35.7 Å². The first-order chi connectivity index (χ1) is 14.7. The van der Waals surface area contributed by atoms with Crippen molar-refractivity contribution in [3.8, 4) is 11.3 Å². The van der Waals surface area contributed by atoms with E-state index in [2.05, 4.69) is 32.7 Å². The van der Waals surface area contributed by atoms with Crippen molar-refractivity contribution in [3.63, 3.8) is 0 Å². The number of likely N-dealkylation sites (tertiary alicyclic amines) is 1. The lowest BCUT2D eigenvalue weighted by atomic mass is 10.1. The maximum absolute atomic E-state index is 12.5. The minimum Gasteiger partial charge on any atom is -0.383 e. The van der Waals surface area contributed by atoms with Gasteiger partial charge in [0.25, 0.3) is 5.91 Å². The normalized spacial score (nSPS) is 16.8. The standard InChI is InChI=1S/C22H28N6O2/c1-27-12-3-4-18(27)14-25-22(29)17-7-5-16(6-8-17)19-15-24-21-10-9-20(26-28(19)21)23-11-13-30-2/h5-10,15,18H,3-4,11-14H2,1-2H3,(H,23,26)(H,25,29). The number of aromatic nitrogens is 3. The molecule has 3 aromatic rings. The Morgan fingerprint density at radius 1 is 1.23 bits per heavy atom. The number of rotatable bonds is 8.